The summed E-state index contributed by atoms with van der Waals surface area (Å²) >= 11 is 0. The summed E-state index contributed by atoms with van der Waals surface area (Å²) < 4.78 is 23.7. The summed E-state index contributed by atoms with van der Waals surface area (Å²) in [5.41, 5.74) is 1.13. The van der Waals surface area contributed by atoms with Gasteiger partial charge in [0.1, 0.15) is 17.1 Å². The highest BCUT2D eigenvalue weighted by molar-refractivity contribution is 5.97. The highest BCUT2D eigenvalue weighted by Crippen LogP contribution is 2.27. The first-order valence-corrected chi connectivity index (χ1v) is 5.88. The van der Waals surface area contributed by atoms with Gasteiger partial charge in [-0.1, -0.05) is 0 Å². The number of pyridine rings is 1. The van der Waals surface area contributed by atoms with Gasteiger partial charge in [0.2, 0.25) is 0 Å². The van der Waals surface area contributed by atoms with E-state index in [-0.39, 0.29) is 12.3 Å². The second-order valence-electron chi connectivity index (χ2n) is 4.03. The first-order chi connectivity index (χ1) is 9.06. The minimum absolute atomic E-state index is 0.277. The summed E-state index contributed by atoms with van der Waals surface area (Å²) in [6.45, 7) is 3.58. The van der Waals surface area contributed by atoms with Gasteiger partial charge in [-0.05, 0) is 32.0 Å². The van der Waals surface area contributed by atoms with E-state index in [1.807, 2.05) is 0 Å². The van der Waals surface area contributed by atoms with Crippen molar-refractivity contribution < 1.29 is 18.7 Å². The number of halogens is 1. The van der Waals surface area contributed by atoms with E-state index in [0.29, 0.717) is 22.2 Å². The fourth-order valence-electron chi connectivity index (χ4n) is 1.81. The normalized spacial score (nSPS) is 10.5. The molecule has 0 unspecified atom stereocenters. The van der Waals surface area contributed by atoms with Gasteiger partial charge in [0, 0.05) is 5.39 Å². The van der Waals surface area contributed by atoms with Gasteiger partial charge >= 0.3 is 5.97 Å². The highest BCUT2D eigenvalue weighted by Gasteiger charge is 2.14. The van der Waals surface area contributed by atoms with Crippen LogP contribution in [0.2, 0.25) is 0 Å². The Balaban J connectivity index is 2.65. The lowest BCUT2D eigenvalue weighted by molar-refractivity contribution is 0.0526. The molecule has 19 heavy (non-hydrogen) atoms. The van der Waals surface area contributed by atoms with Crippen molar-refractivity contribution in [1.29, 1.82) is 0 Å². The molecule has 100 valence electrons. The number of carbonyl (C=O) groups is 1. The van der Waals surface area contributed by atoms with E-state index in [2.05, 4.69) is 4.98 Å². The molecular formula is C14H14FNO3. The number of nitrogens with zero attached hydrogens (tertiary/aromatic N) is 1. The minimum Gasteiger partial charge on any atom is -0.494 e. The Morgan fingerprint density at radius 1 is 1.37 bits per heavy atom. The number of aryl methyl sites for hydroxylation is 1. The Morgan fingerprint density at radius 3 is 2.74 bits per heavy atom. The maximum absolute atomic E-state index is 13.5. The van der Waals surface area contributed by atoms with Gasteiger partial charge < -0.3 is 9.47 Å². The van der Waals surface area contributed by atoms with E-state index in [0.717, 1.165) is 0 Å². The summed E-state index contributed by atoms with van der Waals surface area (Å²) in [6.07, 6.45) is 0. The topological polar surface area (TPSA) is 48.4 Å². The molecule has 0 aliphatic carbocycles. The van der Waals surface area contributed by atoms with Crippen LogP contribution in [0.4, 0.5) is 4.39 Å². The van der Waals surface area contributed by atoms with Crippen LogP contribution in [0.15, 0.2) is 18.2 Å². The molecule has 5 heteroatoms. The van der Waals surface area contributed by atoms with Gasteiger partial charge in [-0.25, -0.2) is 14.2 Å². The number of fused-ring (bicyclic) bond motifs is 1. The monoisotopic (exact) mass is 263 g/mol. The number of carbonyl (C=O) groups excluding carboxylic acids is 1. The summed E-state index contributed by atoms with van der Waals surface area (Å²) in [5, 5.41) is 0.505. The number of benzene rings is 1. The van der Waals surface area contributed by atoms with E-state index < -0.39 is 11.8 Å². The molecule has 0 aliphatic heterocycles. The van der Waals surface area contributed by atoms with Crippen molar-refractivity contribution in [3.05, 3.63) is 35.3 Å². The van der Waals surface area contributed by atoms with Gasteiger partial charge in [-0.15, -0.1) is 0 Å². The number of hydrogen-bond acceptors (Lipinski definition) is 4. The number of aromatic nitrogens is 1. The molecule has 0 atom stereocenters. The van der Waals surface area contributed by atoms with Gasteiger partial charge in [0.05, 0.1) is 25.0 Å². The second-order valence-corrected chi connectivity index (χ2v) is 4.03. The predicted octanol–water partition coefficient (Wildman–Crippen LogP) is 2.87. The average molecular weight is 263 g/mol. The van der Waals surface area contributed by atoms with Crippen LogP contribution in [0.5, 0.6) is 5.75 Å². The molecule has 1 heterocycles. The van der Waals surface area contributed by atoms with E-state index >= 15 is 0 Å². The fourth-order valence-corrected chi connectivity index (χ4v) is 1.81. The van der Waals surface area contributed by atoms with Gasteiger partial charge in [0.15, 0.2) is 0 Å². The second kappa shape index (κ2) is 5.22. The summed E-state index contributed by atoms with van der Waals surface area (Å²) in [6, 6.07) is 4.43. The zero-order chi connectivity index (χ0) is 14.0. The number of ether oxygens (including phenoxy) is 2. The molecule has 0 N–H and O–H groups in total. The van der Waals surface area contributed by atoms with Gasteiger partial charge in [0.25, 0.3) is 0 Å². The van der Waals surface area contributed by atoms with Crippen LogP contribution in [0, 0.1) is 12.7 Å². The molecule has 2 aromatic rings. The molecule has 4 nitrogen and oxygen atoms in total. The van der Waals surface area contributed by atoms with Crippen molar-refractivity contribution in [3.8, 4) is 5.75 Å². The van der Waals surface area contributed by atoms with E-state index in [1.54, 1.807) is 26.0 Å². The Labute approximate surface area is 110 Å². The van der Waals surface area contributed by atoms with Crippen LogP contribution >= 0.6 is 0 Å². The average Bonchev–Trinajstić information content (AvgIpc) is 2.39. The van der Waals surface area contributed by atoms with Crippen LogP contribution in [0.25, 0.3) is 10.9 Å². The third-order valence-corrected chi connectivity index (χ3v) is 2.74. The molecule has 0 spiro atoms. The van der Waals surface area contributed by atoms with Crippen molar-refractivity contribution in [1.82, 2.24) is 4.98 Å². The van der Waals surface area contributed by atoms with E-state index in [4.69, 9.17) is 9.47 Å². The number of methoxy groups -OCH3 is 1. The first-order valence-electron chi connectivity index (χ1n) is 5.88. The van der Waals surface area contributed by atoms with Crippen LogP contribution in [-0.2, 0) is 4.74 Å². The highest BCUT2D eigenvalue weighted by atomic mass is 19.1. The summed E-state index contributed by atoms with van der Waals surface area (Å²) in [5.74, 6) is -0.470. The Hall–Kier alpha value is -2.17. The number of rotatable bonds is 3. The Kier molecular flexibility index (Phi) is 3.64. The summed E-state index contributed by atoms with van der Waals surface area (Å²) in [7, 11) is 1.48. The van der Waals surface area contributed by atoms with Crippen molar-refractivity contribution in [2.24, 2.45) is 0 Å². The first kappa shape index (κ1) is 13.3. The van der Waals surface area contributed by atoms with Crippen LogP contribution < -0.4 is 4.74 Å². The lowest BCUT2D eigenvalue weighted by atomic mass is 10.1. The Bertz CT molecular complexity index is 640. The lowest BCUT2D eigenvalue weighted by Crippen LogP contribution is -2.05. The third-order valence-electron chi connectivity index (χ3n) is 2.74. The zero-order valence-electron chi connectivity index (χ0n) is 11.0. The summed E-state index contributed by atoms with van der Waals surface area (Å²) in [4.78, 5) is 15.9. The molecule has 0 bridgehead atoms. The molecule has 0 aliphatic rings. The molecule has 0 fully saturated rings. The maximum atomic E-state index is 13.5. The Morgan fingerprint density at radius 2 is 2.11 bits per heavy atom. The van der Waals surface area contributed by atoms with E-state index in [1.165, 1.54) is 13.2 Å². The standard InChI is InChI=1S/C14H14FNO3/c1-4-19-14(17)10-5-9-6-11(15)8(2)16-13(9)12(7-10)18-3/h5-7H,4H2,1-3H3. The van der Waals surface area contributed by atoms with Crippen LogP contribution in [0.3, 0.4) is 0 Å². The maximum Gasteiger partial charge on any atom is 0.338 e. The molecule has 0 saturated heterocycles. The quantitative estimate of drug-likeness (QED) is 0.799. The molecular weight excluding hydrogens is 249 g/mol. The fraction of sp³-hybridized carbons (Fsp3) is 0.286. The van der Waals surface area contributed by atoms with Crippen molar-refractivity contribution in [2.45, 2.75) is 13.8 Å². The van der Waals surface area contributed by atoms with Crippen LogP contribution in [0.1, 0.15) is 23.0 Å². The number of hydrogen-bond donors (Lipinski definition) is 0. The smallest absolute Gasteiger partial charge is 0.338 e. The van der Waals surface area contributed by atoms with E-state index in [9.17, 15) is 9.18 Å². The molecule has 0 radical (unpaired) electrons. The molecule has 0 amide bonds. The van der Waals surface area contributed by atoms with Crippen molar-refractivity contribution >= 4 is 16.9 Å². The molecule has 0 saturated carbocycles. The lowest BCUT2D eigenvalue weighted by Gasteiger charge is -2.09. The van der Waals surface area contributed by atoms with Gasteiger partial charge in [-0.2, -0.15) is 0 Å². The predicted molar refractivity (Wildman–Crippen MR) is 68.9 cm³/mol. The molecule has 1 aromatic carbocycles. The van der Waals surface area contributed by atoms with Crippen molar-refractivity contribution in [2.75, 3.05) is 13.7 Å². The van der Waals surface area contributed by atoms with Crippen LogP contribution in [-0.4, -0.2) is 24.7 Å². The van der Waals surface area contributed by atoms with Crippen molar-refractivity contribution in [3.63, 3.8) is 0 Å². The number of esters is 1. The SMILES string of the molecule is CCOC(=O)c1cc(OC)c2nc(C)c(F)cc2c1. The molecule has 1 aromatic heterocycles. The third kappa shape index (κ3) is 2.50. The largest absolute Gasteiger partial charge is 0.494 e. The molecule has 2 rings (SSSR count). The van der Waals surface area contributed by atoms with Gasteiger partial charge in [-0.3, -0.25) is 0 Å². The minimum atomic E-state index is -0.469. The zero-order valence-corrected chi connectivity index (χ0v) is 11.0.